The molecule has 0 aliphatic heterocycles. The van der Waals surface area contributed by atoms with Gasteiger partial charge in [0, 0.05) is 24.9 Å². The summed E-state index contributed by atoms with van der Waals surface area (Å²) >= 11 is 3.45. The Kier molecular flexibility index (Phi) is 6.92. The van der Waals surface area contributed by atoms with Crippen LogP contribution in [0.25, 0.3) is 0 Å². The van der Waals surface area contributed by atoms with Gasteiger partial charge in [-0.05, 0) is 47.0 Å². The molecule has 1 saturated carbocycles. The molecule has 2 atom stereocenters. The lowest BCUT2D eigenvalue weighted by atomic mass is 9.54. The van der Waals surface area contributed by atoms with E-state index in [0.717, 1.165) is 15.8 Å². The van der Waals surface area contributed by atoms with Crippen molar-refractivity contribution < 1.29 is 23.8 Å². The third-order valence-corrected chi connectivity index (χ3v) is 6.13. The maximum atomic E-state index is 12.6. The summed E-state index contributed by atoms with van der Waals surface area (Å²) in [5, 5.41) is 2.94. The Balaban J connectivity index is 2.05. The van der Waals surface area contributed by atoms with Gasteiger partial charge in [-0.15, -0.1) is 0 Å². The van der Waals surface area contributed by atoms with E-state index >= 15 is 0 Å². The van der Waals surface area contributed by atoms with Crippen molar-refractivity contribution in [3.8, 4) is 5.75 Å². The lowest BCUT2D eigenvalue weighted by Gasteiger charge is -2.58. The highest BCUT2D eigenvalue weighted by Gasteiger charge is 2.66. The average Bonchev–Trinajstić information content (AvgIpc) is 2.64. The molecule has 1 aromatic carbocycles. The summed E-state index contributed by atoms with van der Waals surface area (Å²) in [6.07, 6.45) is 1.15. The fourth-order valence-electron chi connectivity index (χ4n) is 3.62. The van der Waals surface area contributed by atoms with E-state index in [4.69, 9.17) is 14.2 Å². The second kappa shape index (κ2) is 8.61. The molecule has 7 heteroatoms. The van der Waals surface area contributed by atoms with Crippen molar-refractivity contribution >= 4 is 27.8 Å². The molecule has 27 heavy (non-hydrogen) atoms. The minimum atomic E-state index is -1.06. The topological polar surface area (TPSA) is 73.9 Å². The molecule has 1 aromatic rings. The number of nitrogens with one attached hydrogen (secondary N) is 1. The minimum absolute atomic E-state index is 0.0977. The van der Waals surface area contributed by atoms with Crippen LogP contribution in [0.5, 0.6) is 5.75 Å². The first-order chi connectivity index (χ1) is 12.7. The van der Waals surface area contributed by atoms with Crippen molar-refractivity contribution in [2.75, 3.05) is 20.8 Å². The number of hydrogen-bond donors (Lipinski definition) is 1. The highest BCUT2D eigenvalue weighted by atomic mass is 79.9. The summed E-state index contributed by atoms with van der Waals surface area (Å²) < 4.78 is 16.8. The summed E-state index contributed by atoms with van der Waals surface area (Å²) in [7, 11) is 2.95. The van der Waals surface area contributed by atoms with Crippen LogP contribution in [0, 0.1) is 5.41 Å². The van der Waals surface area contributed by atoms with Crippen molar-refractivity contribution in [2.45, 2.75) is 51.7 Å². The smallest absolute Gasteiger partial charge is 0.332 e. The summed E-state index contributed by atoms with van der Waals surface area (Å²) in [6.45, 7) is 6.33. The van der Waals surface area contributed by atoms with Crippen molar-refractivity contribution in [1.82, 2.24) is 5.32 Å². The van der Waals surface area contributed by atoms with Crippen molar-refractivity contribution in [1.29, 1.82) is 0 Å². The average molecular weight is 442 g/mol. The second-order valence-corrected chi connectivity index (χ2v) is 8.14. The van der Waals surface area contributed by atoms with Crippen molar-refractivity contribution in [2.24, 2.45) is 5.41 Å². The Morgan fingerprint density at radius 1 is 1.30 bits per heavy atom. The molecule has 1 aliphatic carbocycles. The molecule has 2 rings (SSSR count). The number of amides is 1. The first kappa shape index (κ1) is 21.7. The van der Waals surface area contributed by atoms with Gasteiger partial charge in [0.2, 0.25) is 5.91 Å². The highest BCUT2D eigenvalue weighted by Crippen LogP contribution is 2.52. The molecule has 0 saturated heterocycles. The van der Waals surface area contributed by atoms with E-state index in [1.54, 1.807) is 7.11 Å². The van der Waals surface area contributed by atoms with Gasteiger partial charge in [-0.25, -0.2) is 4.79 Å². The predicted octanol–water partition coefficient (Wildman–Crippen LogP) is 3.25. The molecule has 0 radical (unpaired) electrons. The maximum Gasteiger partial charge on any atom is 0.332 e. The number of methoxy groups -OCH3 is 2. The molecule has 6 nitrogen and oxygen atoms in total. The van der Waals surface area contributed by atoms with Crippen LogP contribution in [0.2, 0.25) is 0 Å². The van der Waals surface area contributed by atoms with E-state index in [1.165, 1.54) is 7.11 Å². The number of carbonyl (C=O) groups is 2. The summed E-state index contributed by atoms with van der Waals surface area (Å²) in [6, 6.07) is 5.71. The van der Waals surface area contributed by atoms with Gasteiger partial charge in [-0.2, -0.15) is 0 Å². The Bertz CT molecular complexity index is 706. The fourth-order valence-corrected chi connectivity index (χ4v) is 4.20. The number of hydrogen-bond acceptors (Lipinski definition) is 5. The van der Waals surface area contributed by atoms with E-state index < -0.39 is 16.9 Å². The summed E-state index contributed by atoms with van der Waals surface area (Å²) in [5.74, 6) is 0.130. The quantitative estimate of drug-likeness (QED) is 0.626. The minimum Gasteiger partial charge on any atom is -0.496 e. The number of ether oxygens (including phenoxy) is 3. The van der Waals surface area contributed by atoms with Gasteiger partial charge in [0.25, 0.3) is 0 Å². The van der Waals surface area contributed by atoms with Crippen LogP contribution in [-0.2, 0) is 25.5 Å². The van der Waals surface area contributed by atoms with E-state index in [0.29, 0.717) is 19.4 Å². The van der Waals surface area contributed by atoms with Gasteiger partial charge in [0.05, 0.1) is 24.8 Å². The predicted molar refractivity (Wildman–Crippen MR) is 106 cm³/mol. The number of aryl methyl sites for hydroxylation is 1. The molecule has 1 amide bonds. The Morgan fingerprint density at radius 2 is 2.00 bits per heavy atom. The third-order valence-electron chi connectivity index (χ3n) is 5.51. The molecule has 0 unspecified atom stereocenters. The normalized spacial score (nSPS) is 23.3. The van der Waals surface area contributed by atoms with Crippen LogP contribution in [-0.4, -0.2) is 44.3 Å². The molecule has 0 aromatic heterocycles. The van der Waals surface area contributed by atoms with Crippen LogP contribution in [0.4, 0.5) is 0 Å². The fraction of sp³-hybridized carbons (Fsp3) is 0.600. The lowest BCUT2D eigenvalue weighted by Crippen LogP contribution is -2.76. The molecule has 1 N–H and O–H groups in total. The number of halogens is 1. The first-order valence-corrected chi connectivity index (χ1v) is 9.84. The molecule has 1 aliphatic rings. The molecule has 0 bridgehead atoms. The number of benzene rings is 1. The van der Waals surface area contributed by atoms with E-state index in [2.05, 4.69) is 21.2 Å². The molecule has 0 heterocycles. The maximum absolute atomic E-state index is 12.6. The van der Waals surface area contributed by atoms with Crippen LogP contribution in [0.1, 0.15) is 39.2 Å². The molecular weight excluding hydrogens is 414 g/mol. The molecule has 0 spiro atoms. The molecule has 1 fully saturated rings. The van der Waals surface area contributed by atoms with Crippen LogP contribution < -0.4 is 10.1 Å². The number of rotatable bonds is 8. The standard InChI is InChI=1S/C20H28BrNO5/c1-6-27-16-12-20(18(24)26-5,19(16,2)3)22-17(23)10-8-13-7-9-15(25-4)14(21)11-13/h7,9,11,16H,6,8,10,12H2,1-5H3,(H,22,23)/t16-,20+/m1/s1. The van der Waals surface area contributed by atoms with Crippen LogP contribution in [0.3, 0.4) is 0 Å². The SMILES string of the molecule is CCO[C@@H]1C[C@](NC(=O)CCc2ccc(OC)c(Br)c2)(C(=O)OC)C1(C)C. The van der Waals surface area contributed by atoms with Gasteiger partial charge in [-0.3, -0.25) is 4.79 Å². The zero-order valence-corrected chi connectivity index (χ0v) is 18.1. The third kappa shape index (κ3) is 4.14. The number of esters is 1. The first-order valence-electron chi connectivity index (χ1n) is 9.05. The Labute approximate surface area is 169 Å². The van der Waals surface area contributed by atoms with Gasteiger partial charge >= 0.3 is 5.97 Å². The van der Waals surface area contributed by atoms with Gasteiger partial charge < -0.3 is 19.5 Å². The van der Waals surface area contributed by atoms with Crippen molar-refractivity contribution in [3.63, 3.8) is 0 Å². The van der Waals surface area contributed by atoms with Gasteiger partial charge in [-0.1, -0.05) is 19.9 Å². The summed E-state index contributed by atoms with van der Waals surface area (Å²) in [5.41, 5.74) is -0.598. The molecular formula is C20H28BrNO5. The zero-order valence-electron chi connectivity index (χ0n) is 16.6. The monoisotopic (exact) mass is 441 g/mol. The highest BCUT2D eigenvalue weighted by molar-refractivity contribution is 9.10. The Hall–Kier alpha value is -1.60. The second-order valence-electron chi connectivity index (χ2n) is 7.28. The van der Waals surface area contributed by atoms with E-state index in [9.17, 15) is 9.59 Å². The lowest BCUT2D eigenvalue weighted by molar-refractivity contribution is -0.197. The van der Waals surface area contributed by atoms with Crippen molar-refractivity contribution in [3.05, 3.63) is 28.2 Å². The van der Waals surface area contributed by atoms with E-state index in [1.807, 2.05) is 39.0 Å². The summed E-state index contributed by atoms with van der Waals surface area (Å²) in [4.78, 5) is 25.1. The van der Waals surface area contributed by atoms with Crippen LogP contribution >= 0.6 is 15.9 Å². The Morgan fingerprint density at radius 3 is 2.52 bits per heavy atom. The zero-order chi connectivity index (χ0) is 20.2. The van der Waals surface area contributed by atoms with E-state index in [-0.39, 0.29) is 18.4 Å². The van der Waals surface area contributed by atoms with Crippen LogP contribution in [0.15, 0.2) is 22.7 Å². The van der Waals surface area contributed by atoms with Gasteiger partial charge in [0.1, 0.15) is 11.3 Å². The van der Waals surface area contributed by atoms with Gasteiger partial charge in [0.15, 0.2) is 0 Å². The number of carbonyl (C=O) groups excluding carboxylic acids is 2. The largest absolute Gasteiger partial charge is 0.496 e. The molecule has 150 valence electrons.